The maximum atomic E-state index is 12.9. The van der Waals surface area contributed by atoms with Crippen molar-refractivity contribution in [2.75, 3.05) is 56.1 Å². The predicted molar refractivity (Wildman–Crippen MR) is 110 cm³/mol. The molecular formula is C22H28N4O3. The highest BCUT2D eigenvalue weighted by Crippen LogP contribution is 2.38. The van der Waals surface area contributed by atoms with E-state index in [4.69, 9.17) is 0 Å². The third kappa shape index (κ3) is 3.41. The smallest absolute Gasteiger partial charge is 0.230 e. The molecule has 0 unspecified atom stereocenters. The van der Waals surface area contributed by atoms with E-state index in [1.807, 2.05) is 28.0 Å². The number of hydrogen-bond acceptors (Lipinski definition) is 4. The Balaban J connectivity index is 1.28. The first-order valence-corrected chi connectivity index (χ1v) is 10.7. The van der Waals surface area contributed by atoms with Crippen molar-refractivity contribution < 1.29 is 14.4 Å². The molecule has 1 saturated carbocycles. The highest BCUT2D eigenvalue weighted by Gasteiger charge is 2.39. The average Bonchev–Trinajstić information content (AvgIpc) is 3.38. The number of anilines is 2. The molecule has 1 atom stereocenters. The maximum absolute atomic E-state index is 12.9. The lowest BCUT2D eigenvalue weighted by Crippen LogP contribution is -2.49. The van der Waals surface area contributed by atoms with Crippen molar-refractivity contribution in [3.05, 3.63) is 23.8 Å². The third-order valence-corrected chi connectivity index (χ3v) is 6.75. The topological polar surface area (TPSA) is 64.2 Å². The molecule has 0 aromatic heterocycles. The maximum Gasteiger partial charge on any atom is 0.230 e. The average molecular weight is 396 g/mol. The van der Waals surface area contributed by atoms with Gasteiger partial charge in [0.1, 0.15) is 0 Å². The van der Waals surface area contributed by atoms with Crippen LogP contribution in [0.2, 0.25) is 0 Å². The van der Waals surface area contributed by atoms with Crippen LogP contribution >= 0.6 is 0 Å². The van der Waals surface area contributed by atoms with Crippen LogP contribution in [0.5, 0.6) is 0 Å². The number of piperazine rings is 1. The Kier molecular flexibility index (Phi) is 4.57. The molecule has 7 heteroatoms. The van der Waals surface area contributed by atoms with Crippen molar-refractivity contribution in [1.29, 1.82) is 0 Å². The second kappa shape index (κ2) is 7.13. The molecule has 0 spiro atoms. The van der Waals surface area contributed by atoms with Gasteiger partial charge in [-0.3, -0.25) is 14.4 Å². The Bertz CT molecular complexity index is 858. The quantitative estimate of drug-likeness (QED) is 0.768. The Labute approximate surface area is 171 Å². The first kappa shape index (κ1) is 18.6. The summed E-state index contributed by atoms with van der Waals surface area (Å²) in [4.78, 5) is 45.8. The lowest BCUT2D eigenvalue weighted by molar-refractivity contribution is -0.137. The van der Waals surface area contributed by atoms with E-state index in [9.17, 15) is 14.4 Å². The number of rotatable bonds is 3. The Morgan fingerprint density at radius 3 is 2.45 bits per heavy atom. The highest BCUT2D eigenvalue weighted by atomic mass is 16.2. The van der Waals surface area contributed by atoms with Crippen LogP contribution in [-0.4, -0.2) is 73.8 Å². The van der Waals surface area contributed by atoms with Crippen LogP contribution < -0.4 is 9.80 Å². The van der Waals surface area contributed by atoms with Gasteiger partial charge in [-0.15, -0.1) is 0 Å². The number of likely N-dealkylation sites (N-methyl/N-ethyl adjacent to an activating group) is 1. The van der Waals surface area contributed by atoms with Crippen LogP contribution in [0.3, 0.4) is 0 Å². The van der Waals surface area contributed by atoms with E-state index in [-0.39, 0.29) is 36.0 Å². The predicted octanol–water partition coefficient (Wildman–Crippen LogP) is 1.11. The van der Waals surface area contributed by atoms with E-state index >= 15 is 0 Å². The van der Waals surface area contributed by atoms with E-state index in [1.54, 1.807) is 4.90 Å². The van der Waals surface area contributed by atoms with Gasteiger partial charge in [-0.25, -0.2) is 0 Å². The van der Waals surface area contributed by atoms with Crippen molar-refractivity contribution in [3.8, 4) is 0 Å². The molecule has 5 rings (SSSR count). The summed E-state index contributed by atoms with van der Waals surface area (Å²) in [6.45, 7) is 4.43. The summed E-state index contributed by atoms with van der Waals surface area (Å²) in [7, 11) is 2.07. The SMILES string of the molecule is CN1CCN(C(=O)[C@@H]2CC(=O)N(c3ccc4c(c3)CCN4C(=O)C3CC3)C2)CC1. The molecule has 3 heterocycles. The molecule has 2 saturated heterocycles. The van der Waals surface area contributed by atoms with Gasteiger partial charge in [-0.05, 0) is 50.1 Å². The van der Waals surface area contributed by atoms with Crippen molar-refractivity contribution in [3.63, 3.8) is 0 Å². The van der Waals surface area contributed by atoms with Gasteiger partial charge < -0.3 is 19.6 Å². The molecule has 0 bridgehead atoms. The molecule has 29 heavy (non-hydrogen) atoms. The third-order valence-electron chi connectivity index (χ3n) is 6.75. The molecule has 1 aromatic carbocycles. The van der Waals surface area contributed by atoms with Gasteiger partial charge in [0, 0.05) is 63.0 Å². The number of hydrogen-bond donors (Lipinski definition) is 0. The lowest BCUT2D eigenvalue weighted by atomic mass is 10.1. The zero-order chi connectivity index (χ0) is 20.1. The molecule has 0 radical (unpaired) electrons. The van der Waals surface area contributed by atoms with Gasteiger partial charge in [0.2, 0.25) is 17.7 Å². The number of carbonyl (C=O) groups excluding carboxylic acids is 3. The Morgan fingerprint density at radius 2 is 1.72 bits per heavy atom. The van der Waals surface area contributed by atoms with Gasteiger partial charge in [-0.1, -0.05) is 0 Å². The van der Waals surface area contributed by atoms with Gasteiger partial charge in [-0.2, -0.15) is 0 Å². The summed E-state index contributed by atoms with van der Waals surface area (Å²) in [6, 6.07) is 5.94. The summed E-state index contributed by atoms with van der Waals surface area (Å²) in [5.41, 5.74) is 2.96. The minimum Gasteiger partial charge on any atom is -0.340 e. The lowest BCUT2D eigenvalue weighted by Gasteiger charge is -2.33. The van der Waals surface area contributed by atoms with Crippen LogP contribution in [0.1, 0.15) is 24.8 Å². The number of fused-ring (bicyclic) bond motifs is 1. The van der Waals surface area contributed by atoms with Crippen molar-refractivity contribution in [2.45, 2.75) is 25.7 Å². The molecule has 154 valence electrons. The van der Waals surface area contributed by atoms with Crippen LogP contribution in [0.25, 0.3) is 0 Å². The van der Waals surface area contributed by atoms with Gasteiger partial charge in [0.05, 0.1) is 5.92 Å². The summed E-state index contributed by atoms with van der Waals surface area (Å²) in [5.74, 6) is 0.318. The zero-order valence-corrected chi connectivity index (χ0v) is 17.0. The summed E-state index contributed by atoms with van der Waals surface area (Å²) in [5, 5.41) is 0. The number of benzene rings is 1. The van der Waals surface area contributed by atoms with Crippen molar-refractivity contribution in [2.24, 2.45) is 11.8 Å². The molecule has 0 N–H and O–H groups in total. The van der Waals surface area contributed by atoms with Gasteiger partial charge in [0.15, 0.2) is 0 Å². The fourth-order valence-corrected chi connectivity index (χ4v) is 4.74. The van der Waals surface area contributed by atoms with Gasteiger partial charge >= 0.3 is 0 Å². The summed E-state index contributed by atoms with van der Waals surface area (Å²) in [6.07, 6.45) is 3.13. The van der Waals surface area contributed by atoms with E-state index in [0.29, 0.717) is 6.54 Å². The molecule has 3 fully saturated rings. The fourth-order valence-electron chi connectivity index (χ4n) is 4.74. The molecule has 1 aliphatic carbocycles. The largest absolute Gasteiger partial charge is 0.340 e. The second-order valence-electron chi connectivity index (χ2n) is 8.86. The number of amides is 3. The van der Waals surface area contributed by atoms with Crippen LogP contribution in [0.4, 0.5) is 11.4 Å². The molecule has 7 nitrogen and oxygen atoms in total. The molecule has 3 aliphatic heterocycles. The van der Waals surface area contributed by atoms with E-state index in [0.717, 1.165) is 68.9 Å². The molecule has 3 amide bonds. The van der Waals surface area contributed by atoms with Crippen LogP contribution in [0.15, 0.2) is 18.2 Å². The van der Waals surface area contributed by atoms with E-state index in [2.05, 4.69) is 11.9 Å². The van der Waals surface area contributed by atoms with Crippen molar-refractivity contribution >= 4 is 29.1 Å². The Morgan fingerprint density at radius 1 is 0.966 bits per heavy atom. The first-order valence-electron chi connectivity index (χ1n) is 10.7. The van der Waals surface area contributed by atoms with Crippen LogP contribution in [-0.2, 0) is 20.8 Å². The standard InChI is InChI=1S/C22H28N4O3/c1-23-8-10-24(11-9-23)21(28)17-13-20(27)26(14-17)18-4-5-19-16(12-18)6-7-25(19)22(29)15-2-3-15/h4-5,12,15,17H,2-3,6-11,13-14H2,1H3/t17-/m1/s1. The number of carbonyl (C=O) groups is 3. The zero-order valence-electron chi connectivity index (χ0n) is 17.0. The normalized spacial score (nSPS) is 24.9. The summed E-state index contributed by atoms with van der Waals surface area (Å²) >= 11 is 0. The van der Waals surface area contributed by atoms with E-state index in [1.165, 1.54) is 0 Å². The summed E-state index contributed by atoms with van der Waals surface area (Å²) < 4.78 is 0. The van der Waals surface area contributed by atoms with Gasteiger partial charge in [0.25, 0.3) is 0 Å². The van der Waals surface area contributed by atoms with Crippen LogP contribution in [0, 0.1) is 11.8 Å². The highest BCUT2D eigenvalue weighted by molar-refractivity contribution is 6.02. The number of nitrogens with zero attached hydrogens (tertiary/aromatic N) is 4. The minimum absolute atomic E-state index is 0.0151. The Hall–Kier alpha value is -2.41. The second-order valence-corrected chi connectivity index (χ2v) is 8.86. The molecular weight excluding hydrogens is 368 g/mol. The minimum atomic E-state index is -0.257. The monoisotopic (exact) mass is 396 g/mol. The molecule has 1 aromatic rings. The fraction of sp³-hybridized carbons (Fsp3) is 0.591. The molecule has 4 aliphatic rings. The van der Waals surface area contributed by atoms with E-state index < -0.39 is 0 Å². The first-order chi connectivity index (χ1) is 14.0. The van der Waals surface area contributed by atoms with Crippen molar-refractivity contribution in [1.82, 2.24) is 9.80 Å².